The molecule has 364 valence electrons. The van der Waals surface area contributed by atoms with Gasteiger partial charge in [0, 0.05) is 39.9 Å². The smallest absolute Gasteiger partial charge is 0.416 e. The molecule has 0 amide bonds. The molecular formula is C56H64F6N2O4. The van der Waals surface area contributed by atoms with Crippen molar-refractivity contribution in [2.24, 2.45) is 0 Å². The first-order chi connectivity index (χ1) is 32.5. The maximum atomic E-state index is 13.8. The second kappa shape index (κ2) is 22.1. The molecule has 0 aromatic heterocycles. The van der Waals surface area contributed by atoms with Gasteiger partial charge in [0.1, 0.15) is 0 Å². The van der Waals surface area contributed by atoms with E-state index >= 15 is 0 Å². The van der Waals surface area contributed by atoms with E-state index in [1.807, 2.05) is 24.3 Å². The fourth-order valence-corrected chi connectivity index (χ4v) is 10.4. The van der Waals surface area contributed by atoms with E-state index < -0.39 is 35.4 Å². The normalized spacial score (nSPS) is 19.3. The number of ether oxygens (including phenoxy) is 2. The summed E-state index contributed by atoms with van der Waals surface area (Å²) in [5.41, 5.74) is 2.89. The average Bonchev–Trinajstić information content (AvgIpc) is 4.01. The fraction of sp³-hybridized carbons (Fsp3) is 0.393. The first-order valence-corrected chi connectivity index (χ1v) is 23.5. The molecule has 2 fully saturated rings. The van der Waals surface area contributed by atoms with Gasteiger partial charge in [-0.05, 0) is 144 Å². The van der Waals surface area contributed by atoms with Crippen LogP contribution in [0.4, 0.5) is 26.3 Å². The molecule has 0 unspecified atom stereocenters. The molecule has 0 heterocycles. The van der Waals surface area contributed by atoms with Gasteiger partial charge in [0.05, 0.1) is 25.3 Å². The van der Waals surface area contributed by atoms with Gasteiger partial charge in [0.25, 0.3) is 0 Å². The summed E-state index contributed by atoms with van der Waals surface area (Å²) in [7, 11) is 2.48. The molecule has 0 bridgehead atoms. The molecule has 12 heteroatoms. The molecule has 68 heavy (non-hydrogen) atoms. The topological polar surface area (TPSA) is 76.7 Å². The van der Waals surface area contributed by atoms with Crippen LogP contribution in [0.15, 0.2) is 121 Å². The summed E-state index contributed by atoms with van der Waals surface area (Å²) >= 11 is 0. The van der Waals surface area contributed by atoms with Crippen molar-refractivity contribution in [3.63, 3.8) is 0 Å². The minimum Gasteiger partial charge on any atom is -0.469 e. The zero-order valence-electron chi connectivity index (χ0n) is 39.0. The predicted octanol–water partition coefficient (Wildman–Crippen LogP) is 14.4. The summed E-state index contributed by atoms with van der Waals surface area (Å²) < 4.78 is 91.7. The second-order valence-electron chi connectivity index (χ2n) is 18.3. The number of benzene rings is 6. The average molecular weight is 943 g/mol. The van der Waals surface area contributed by atoms with Crippen molar-refractivity contribution in [3.8, 4) is 0 Å². The van der Waals surface area contributed by atoms with E-state index in [1.165, 1.54) is 71.2 Å². The zero-order valence-corrected chi connectivity index (χ0v) is 39.0. The van der Waals surface area contributed by atoms with Crippen molar-refractivity contribution in [1.29, 1.82) is 0 Å². The molecule has 2 saturated carbocycles. The van der Waals surface area contributed by atoms with E-state index in [0.717, 1.165) is 49.7 Å². The lowest BCUT2D eigenvalue weighted by atomic mass is 9.92. The molecule has 6 aromatic rings. The molecule has 0 saturated heterocycles. The summed E-state index contributed by atoms with van der Waals surface area (Å²) in [6.45, 7) is 4.29. The Morgan fingerprint density at radius 2 is 0.941 bits per heavy atom. The molecule has 6 atom stereocenters. The van der Waals surface area contributed by atoms with Gasteiger partial charge >= 0.3 is 24.3 Å². The van der Waals surface area contributed by atoms with Crippen LogP contribution in [0.3, 0.4) is 0 Å². The van der Waals surface area contributed by atoms with Crippen LogP contribution >= 0.6 is 0 Å². The second-order valence-corrected chi connectivity index (χ2v) is 18.3. The number of carbonyl (C=O) groups excluding carboxylic acids is 2. The van der Waals surface area contributed by atoms with Gasteiger partial charge in [-0.2, -0.15) is 26.3 Å². The van der Waals surface area contributed by atoms with Gasteiger partial charge in [-0.25, -0.2) is 0 Å². The van der Waals surface area contributed by atoms with E-state index in [2.05, 4.69) is 94.6 Å². The highest BCUT2D eigenvalue weighted by atomic mass is 19.4. The van der Waals surface area contributed by atoms with Crippen molar-refractivity contribution in [2.75, 3.05) is 14.2 Å². The fourth-order valence-electron chi connectivity index (χ4n) is 10.4. The molecule has 6 aromatic carbocycles. The minimum absolute atomic E-state index is 0. The Labute approximate surface area is 397 Å². The molecule has 0 spiro atoms. The van der Waals surface area contributed by atoms with Gasteiger partial charge < -0.3 is 20.1 Å². The largest absolute Gasteiger partial charge is 0.469 e. The van der Waals surface area contributed by atoms with Crippen molar-refractivity contribution < 1.29 is 48.3 Å². The van der Waals surface area contributed by atoms with Gasteiger partial charge in [-0.3, -0.25) is 9.59 Å². The maximum Gasteiger partial charge on any atom is 0.416 e. The van der Waals surface area contributed by atoms with E-state index in [4.69, 9.17) is 0 Å². The number of hydrogen-bond acceptors (Lipinski definition) is 6. The summed E-state index contributed by atoms with van der Waals surface area (Å²) in [5, 5.41) is 12.3. The lowest BCUT2D eigenvalue weighted by Gasteiger charge is -2.22. The summed E-state index contributed by atoms with van der Waals surface area (Å²) in [5.74, 6) is -0.870. The monoisotopic (exact) mass is 942 g/mol. The number of hydrogen-bond donors (Lipinski definition) is 2. The molecule has 0 aliphatic heterocycles. The van der Waals surface area contributed by atoms with E-state index in [1.54, 1.807) is 12.1 Å². The highest BCUT2D eigenvalue weighted by Gasteiger charge is 2.37. The number of methoxy groups -OCH3 is 2. The predicted molar refractivity (Wildman–Crippen MR) is 260 cm³/mol. The van der Waals surface area contributed by atoms with Crippen LogP contribution in [0.25, 0.3) is 21.5 Å². The Morgan fingerprint density at radius 1 is 0.559 bits per heavy atom. The number of halogens is 6. The van der Waals surface area contributed by atoms with E-state index in [0.29, 0.717) is 0 Å². The molecule has 2 N–H and O–H groups in total. The van der Waals surface area contributed by atoms with Crippen molar-refractivity contribution in [2.45, 2.75) is 126 Å². The van der Waals surface area contributed by atoms with Gasteiger partial charge in [-0.1, -0.05) is 109 Å². The SMILES string of the molecule is COC(=O)CCc1ccc([C@@H]2CC[C@@H](N[C@H](C)c3cccc4ccccc34)C2)cc1C(F)(F)F.COC(=O)CCc1ccc([C@H]2CC[C@@H](N[C@H](C)c3cccc4ccccc34)C2)cc1C(F)(F)F.[HH].[HH]. The number of aryl methyl sites for hydroxylation is 2. The Balaban J connectivity index is 0.000000254. The van der Waals surface area contributed by atoms with Crippen LogP contribution in [0.5, 0.6) is 0 Å². The van der Waals surface area contributed by atoms with Gasteiger partial charge in [0.15, 0.2) is 0 Å². The molecule has 6 nitrogen and oxygen atoms in total. The Kier molecular flexibility index (Phi) is 16.3. The summed E-state index contributed by atoms with van der Waals surface area (Å²) in [6, 6.07) is 39.2. The first-order valence-electron chi connectivity index (χ1n) is 23.5. The highest BCUT2D eigenvalue weighted by molar-refractivity contribution is 5.87. The van der Waals surface area contributed by atoms with Crippen molar-refractivity contribution >= 4 is 33.5 Å². The van der Waals surface area contributed by atoms with Crippen LogP contribution in [0.1, 0.15) is 136 Å². The van der Waals surface area contributed by atoms with Crippen LogP contribution in [0, 0.1) is 0 Å². The first kappa shape index (κ1) is 50.2. The quantitative estimate of drug-likeness (QED) is 0.0837. The summed E-state index contributed by atoms with van der Waals surface area (Å²) in [4.78, 5) is 22.8. The zero-order chi connectivity index (χ0) is 48.6. The third kappa shape index (κ3) is 12.5. The van der Waals surface area contributed by atoms with Crippen LogP contribution in [-0.4, -0.2) is 38.2 Å². The standard InChI is InChI=1S/2C28H30F3NO2.2H2/c2*1-18(24-9-5-7-19-6-3-4-8-25(19)24)32-23-14-12-21(16-23)22-11-10-20(13-15-27(33)34-2)26(17-22)28(29,30)31;;/h2*3-11,17-18,21,23,32H,12-16H2,1-2H3;2*1H/t18-,21+,23-;18-,21-,23-;;/m11../s1. The number of carbonyl (C=O) groups is 2. The van der Waals surface area contributed by atoms with E-state index in [-0.39, 0.29) is 75.7 Å². The third-order valence-electron chi connectivity index (χ3n) is 13.9. The highest BCUT2D eigenvalue weighted by Crippen LogP contribution is 2.42. The number of fused-ring (bicyclic) bond motifs is 2. The summed E-state index contributed by atoms with van der Waals surface area (Å²) in [6.07, 6.45) is -3.89. The number of alkyl halides is 6. The Bertz CT molecular complexity index is 2500. The molecule has 2 aliphatic carbocycles. The minimum atomic E-state index is -4.46. The van der Waals surface area contributed by atoms with Crippen LogP contribution in [-0.2, 0) is 44.3 Å². The molecule has 0 radical (unpaired) electrons. The third-order valence-corrected chi connectivity index (χ3v) is 13.9. The lowest BCUT2D eigenvalue weighted by Crippen LogP contribution is -2.29. The van der Waals surface area contributed by atoms with E-state index in [9.17, 15) is 35.9 Å². The van der Waals surface area contributed by atoms with Crippen molar-refractivity contribution in [3.05, 3.63) is 166 Å². The van der Waals surface area contributed by atoms with Gasteiger partial charge in [0.2, 0.25) is 0 Å². The number of esters is 2. The van der Waals surface area contributed by atoms with Crippen molar-refractivity contribution in [1.82, 2.24) is 10.6 Å². The Morgan fingerprint density at radius 3 is 1.32 bits per heavy atom. The van der Waals surface area contributed by atoms with Crippen LogP contribution in [0.2, 0.25) is 0 Å². The molecule has 8 rings (SSSR count). The van der Waals surface area contributed by atoms with Gasteiger partial charge in [-0.15, -0.1) is 0 Å². The number of nitrogens with one attached hydrogen (secondary N) is 2. The van der Waals surface area contributed by atoms with Crippen LogP contribution < -0.4 is 10.6 Å². The lowest BCUT2D eigenvalue weighted by molar-refractivity contribution is -0.142. The molecular weight excluding hydrogens is 879 g/mol. The maximum absolute atomic E-state index is 13.8. The molecule has 2 aliphatic rings. The Hall–Kier alpha value is -5.72. The number of rotatable bonds is 14.